The van der Waals surface area contributed by atoms with Gasteiger partial charge in [0.1, 0.15) is 17.2 Å². The van der Waals surface area contributed by atoms with Crippen molar-refractivity contribution in [1.82, 2.24) is 20.4 Å². The molecule has 8 heteroatoms. The summed E-state index contributed by atoms with van der Waals surface area (Å²) in [6.45, 7) is 3.71. The summed E-state index contributed by atoms with van der Waals surface area (Å²) in [5, 5.41) is 0. The third kappa shape index (κ3) is 5.57. The Hall–Kier alpha value is -4.46. The number of aryl methyl sites for hydroxylation is 2. The Morgan fingerprint density at radius 1 is 0.781 bits per heavy atom. The highest BCUT2D eigenvalue weighted by molar-refractivity contribution is 5.94. The van der Waals surface area contributed by atoms with Crippen molar-refractivity contribution in [3.63, 3.8) is 0 Å². The molecule has 0 bridgehead atoms. The van der Waals surface area contributed by atoms with E-state index in [9.17, 15) is 4.79 Å². The number of aromatic nitrogens is 3. The fraction of sp³-hybridized carbons (Fsp3) is 0.0833. The summed E-state index contributed by atoms with van der Waals surface area (Å²) in [7, 11) is 0. The lowest BCUT2D eigenvalue weighted by molar-refractivity contribution is 0.0962. The molecule has 0 aliphatic carbocycles. The number of carbonyl (C=O) groups excluding carboxylic acids is 1. The quantitative estimate of drug-likeness (QED) is 0.408. The lowest BCUT2D eigenvalue weighted by Crippen LogP contribution is -2.30. The lowest BCUT2D eigenvalue weighted by Gasteiger charge is -2.09. The third-order valence-corrected chi connectivity index (χ3v) is 4.29. The van der Waals surface area contributed by atoms with Crippen molar-refractivity contribution in [3.05, 3.63) is 95.9 Å². The van der Waals surface area contributed by atoms with Crippen molar-refractivity contribution in [2.45, 2.75) is 13.8 Å². The van der Waals surface area contributed by atoms with Gasteiger partial charge in [-0.3, -0.25) is 15.6 Å². The SMILES string of the molecule is Cc1cc(C)nc(NNC(=O)c2ccc(Oc3ccc(Oc4ccccc4)cc3)nc2)n1. The van der Waals surface area contributed by atoms with E-state index >= 15 is 0 Å². The van der Waals surface area contributed by atoms with Gasteiger partial charge in [-0.1, -0.05) is 18.2 Å². The number of hydrogen-bond donors (Lipinski definition) is 2. The van der Waals surface area contributed by atoms with Crippen molar-refractivity contribution in [1.29, 1.82) is 0 Å². The number of anilines is 1. The zero-order chi connectivity index (χ0) is 22.3. The van der Waals surface area contributed by atoms with Gasteiger partial charge in [-0.25, -0.2) is 15.0 Å². The number of pyridine rings is 1. The number of hydrazine groups is 1. The molecule has 4 aromatic rings. The van der Waals surface area contributed by atoms with Crippen LogP contribution in [0.1, 0.15) is 21.7 Å². The van der Waals surface area contributed by atoms with Gasteiger partial charge in [0.25, 0.3) is 5.91 Å². The monoisotopic (exact) mass is 427 g/mol. The fourth-order valence-electron chi connectivity index (χ4n) is 2.86. The summed E-state index contributed by atoms with van der Waals surface area (Å²) < 4.78 is 11.5. The molecule has 0 saturated carbocycles. The predicted molar refractivity (Wildman–Crippen MR) is 120 cm³/mol. The Bertz CT molecular complexity index is 1180. The first kappa shape index (κ1) is 20.8. The van der Waals surface area contributed by atoms with Crippen LogP contribution in [0, 0.1) is 13.8 Å². The minimum Gasteiger partial charge on any atom is -0.457 e. The lowest BCUT2D eigenvalue weighted by atomic mass is 10.3. The molecule has 1 amide bonds. The summed E-state index contributed by atoms with van der Waals surface area (Å²) in [5.41, 5.74) is 7.23. The molecule has 0 atom stereocenters. The zero-order valence-corrected chi connectivity index (χ0v) is 17.6. The van der Waals surface area contributed by atoms with E-state index in [-0.39, 0.29) is 5.91 Å². The van der Waals surface area contributed by atoms with Gasteiger partial charge in [0.05, 0.1) is 5.56 Å². The molecule has 2 heterocycles. The number of amides is 1. The standard InChI is InChI=1S/C24H21N5O3/c1-16-14-17(2)27-24(26-16)29-28-23(30)18-8-13-22(25-15-18)32-21-11-9-20(10-12-21)31-19-6-4-3-5-7-19/h3-15H,1-2H3,(H,28,30)(H,26,27,29). The largest absolute Gasteiger partial charge is 0.457 e. The number of benzene rings is 2. The second-order valence-electron chi connectivity index (χ2n) is 6.93. The van der Waals surface area contributed by atoms with Crippen LogP contribution in [0.25, 0.3) is 0 Å². The van der Waals surface area contributed by atoms with Gasteiger partial charge in [-0.15, -0.1) is 0 Å². The van der Waals surface area contributed by atoms with Crippen LogP contribution >= 0.6 is 0 Å². The van der Waals surface area contributed by atoms with Crippen LogP contribution < -0.4 is 20.3 Å². The molecule has 0 saturated heterocycles. The normalized spacial score (nSPS) is 10.3. The second kappa shape index (κ2) is 9.57. The molecular formula is C24H21N5O3. The zero-order valence-electron chi connectivity index (χ0n) is 17.6. The highest BCUT2D eigenvalue weighted by atomic mass is 16.5. The summed E-state index contributed by atoms with van der Waals surface area (Å²) in [6, 6.07) is 21.8. The molecule has 0 unspecified atom stereocenters. The molecule has 4 rings (SSSR count). The Morgan fingerprint density at radius 2 is 1.41 bits per heavy atom. The highest BCUT2D eigenvalue weighted by Gasteiger charge is 2.08. The van der Waals surface area contributed by atoms with Gasteiger partial charge < -0.3 is 9.47 Å². The number of rotatable bonds is 7. The van der Waals surface area contributed by atoms with E-state index in [0.29, 0.717) is 28.9 Å². The minimum atomic E-state index is -0.366. The second-order valence-corrected chi connectivity index (χ2v) is 6.93. The van der Waals surface area contributed by atoms with Gasteiger partial charge in [0.15, 0.2) is 0 Å². The smallest absolute Gasteiger partial charge is 0.271 e. The summed E-state index contributed by atoms with van der Waals surface area (Å²) in [4.78, 5) is 24.9. The van der Waals surface area contributed by atoms with Crippen molar-refractivity contribution < 1.29 is 14.3 Å². The van der Waals surface area contributed by atoms with Crippen LogP contribution in [0.15, 0.2) is 79.0 Å². The number of ether oxygens (including phenoxy) is 2. The van der Waals surface area contributed by atoms with E-state index in [1.165, 1.54) is 6.20 Å². The minimum absolute atomic E-state index is 0.323. The maximum Gasteiger partial charge on any atom is 0.271 e. The number of hydrogen-bond acceptors (Lipinski definition) is 7. The average Bonchev–Trinajstić information content (AvgIpc) is 2.79. The topological polar surface area (TPSA) is 98.3 Å². The molecule has 2 aromatic carbocycles. The maximum absolute atomic E-state index is 12.3. The third-order valence-electron chi connectivity index (χ3n) is 4.29. The molecule has 160 valence electrons. The molecule has 0 fully saturated rings. The van der Waals surface area contributed by atoms with E-state index < -0.39 is 0 Å². The van der Waals surface area contributed by atoms with E-state index in [4.69, 9.17) is 9.47 Å². The van der Waals surface area contributed by atoms with Gasteiger partial charge >= 0.3 is 0 Å². The maximum atomic E-state index is 12.3. The summed E-state index contributed by atoms with van der Waals surface area (Å²) in [5.74, 6) is 2.38. The van der Waals surface area contributed by atoms with Gasteiger partial charge in [-0.2, -0.15) is 0 Å². The van der Waals surface area contributed by atoms with Gasteiger partial charge in [0.2, 0.25) is 11.8 Å². The molecule has 32 heavy (non-hydrogen) atoms. The average molecular weight is 427 g/mol. The number of para-hydroxylation sites is 1. The van der Waals surface area contributed by atoms with E-state index in [0.717, 1.165) is 17.1 Å². The Morgan fingerprint density at radius 3 is 2.03 bits per heavy atom. The molecule has 0 aliphatic heterocycles. The molecule has 2 N–H and O–H groups in total. The van der Waals surface area contributed by atoms with Crippen LogP contribution in [-0.4, -0.2) is 20.9 Å². The predicted octanol–water partition coefficient (Wildman–Crippen LogP) is 4.83. The molecule has 8 nitrogen and oxygen atoms in total. The highest BCUT2D eigenvalue weighted by Crippen LogP contribution is 2.25. The van der Waals surface area contributed by atoms with Crippen molar-refractivity contribution in [3.8, 4) is 23.1 Å². The van der Waals surface area contributed by atoms with E-state index in [1.54, 1.807) is 24.3 Å². The Balaban J connectivity index is 1.32. The van der Waals surface area contributed by atoms with Crippen LogP contribution in [-0.2, 0) is 0 Å². The van der Waals surface area contributed by atoms with Crippen LogP contribution in [0.3, 0.4) is 0 Å². The summed E-state index contributed by atoms with van der Waals surface area (Å²) in [6.07, 6.45) is 1.43. The molecule has 2 aromatic heterocycles. The van der Waals surface area contributed by atoms with Crippen LogP contribution in [0.5, 0.6) is 23.1 Å². The first-order valence-electron chi connectivity index (χ1n) is 9.91. The van der Waals surface area contributed by atoms with E-state index in [2.05, 4.69) is 25.8 Å². The van der Waals surface area contributed by atoms with Crippen LogP contribution in [0.2, 0.25) is 0 Å². The van der Waals surface area contributed by atoms with Crippen LogP contribution in [0.4, 0.5) is 5.95 Å². The van der Waals surface area contributed by atoms with Crippen molar-refractivity contribution in [2.75, 3.05) is 5.43 Å². The Kier molecular flexibility index (Phi) is 6.22. The molecule has 0 radical (unpaired) electrons. The van der Waals surface area contributed by atoms with E-state index in [1.807, 2.05) is 62.4 Å². The fourth-order valence-corrected chi connectivity index (χ4v) is 2.86. The number of carbonyl (C=O) groups is 1. The number of nitrogens with one attached hydrogen (secondary N) is 2. The molecule has 0 spiro atoms. The molecular weight excluding hydrogens is 406 g/mol. The first-order valence-corrected chi connectivity index (χ1v) is 9.91. The van der Waals surface area contributed by atoms with Gasteiger partial charge in [-0.05, 0) is 62.4 Å². The first-order chi connectivity index (χ1) is 15.5. The Labute approximate surface area is 185 Å². The van der Waals surface area contributed by atoms with Gasteiger partial charge in [0, 0.05) is 23.7 Å². The van der Waals surface area contributed by atoms with Crippen molar-refractivity contribution in [2.24, 2.45) is 0 Å². The van der Waals surface area contributed by atoms with Crippen molar-refractivity contribution >= 4 is 11.9 Å². The molecule has 0 aliphatic rings. The summed E-state index contributed by atoms with van der Waals surface area (Å²) >= 11 is 0. The number of nitrogens with zero attached hydrogens (tertiary/aromatic N) is 3.